The molecule has 1 fully saturated rings. The second-order valence-corrected chi connectivity index (χ2v) is 9.79. The van der Waals surface area contributed by atoms with Crippen LogP contribution in [-0.4, -0.2) is 51.3 Å². The molecule has 1 aromatic rings. The molecule has 2 unspecified atom stereocenters. The van der Waals surface area contributed by atoms with E-state index < -0.39 is 21.7 Å². The van der Waals surface area contributed by atoms with Crippen molar-refractivity contribution in [3.8, 4) is 0 Å². The molecule has 1 aromatic carbocycles. The smallest absolute Gasteiger partial charge is 0.309 e. The van der Waals surface area contributed by atoms with E-state index in [0.717, 1.165) is 12.8 Å². The highest BCUT2D eigenvalue weighted by molar-refractivity contribution is 7.91. The molecular formula is C20H30N2O5S. The number of amides is 2. The van der Waals surface area contributed by atoms with Gasteiger partial charge >= 0.3 is 11.8 Å². The Kier molecular flexibility index (Phi) is 7.60. The molecule has 1 aliphatic carbocycles. The highest BCUT2D eigenvalue weighted by atomic mass is 32.2. The van der Waals surface area contributed by atoms with Crippen LogP contribution >= 0.6 is 0 Å². The maximum absolute atomic E-state index is 12.2. The van der Waals surface area contributed by atoms with Crippen molar-refractivity contribution < 1.29 is 22.7 Å². The van der Waals surface area contributed by atoms with Gasteiger partial charge in [-0.05, 0) is 25.0 Å². The number of ether oxygens (including phenoxy) is 1. The first kappa shape index (κ1) is 22.4. The third-order valence-electron chi connectivity index (χ3n) is 5.26. The first-order valence-electron chi connectivity index (χ1n) is 9.66. The van der Waals surface area contributed by atoms with Gasteiger partial charge in [0, 0.05) is 24.6 Å². The van der Waals surface area contributed by atoms with Gasteiger partial charge in [-0.25, -0.2) is 8.42 Å². The van der Waals surface area contributed by atoms with Crippen molar-refractivity contribution in [1.82, 2.24) is 10.6 Å². The molecular weight excluding hydrogens is 380 g/mol. The monoisotopic (exact) mass is 410 g/mol. The molecule has 0 saturated heterocycles. The standard InChI is InChI=1S/C20H30N2O5S/c1-4-5-12-27-17-14-16(20(17,2)3)22-19(24)18(23)21-11-13-28(25,26)15-9-7-6-8-10-15/h6-10,16-17H,4-5,11-14H2,1-3H3,(H,21,23)(H,22,24). The van der Waals surface area contributed by atoms with Gasteiger partial charge < -0.3 is 15.4 Å². The van der Waals surface area contributed by atoms with Crippen LogP contribution in [0.5, 0.6) is 0 Å². The number of nitrogens with one attached hydrogen (secondary N) is 2. The minimum atomic E-state index is -3.50. The van der Waals surface area contributed by atoms with Crippen molar-refractivity contribution in [3.63, 3.8) is 0 Å². The summed E-state index contributed by atoms with van der Waals surface area (Å²) in [6.45, 7) is 6.68. The van der Waals surface area contributed by atoms with Crippen LogP contribution in [0.1, 0.15) is 40.0 Å². The Bertz CT molecular complexity index is 777. The molecule has 2 rings (SSSR count). The summed E-state index contributed by atoms with van der Waals surface area (Å²) in [4.78, 5) is 24.3. The lowest BCUT2D eigenvalue weighted by molar-refractivity contribution is -0.147. The van der Waals surface area contributed by atoms with Crippen LogP contribution in [-0.2, 0) is 24.2 Å². The van der Waals surface area contributed by atoms with Crippen LogP contribution < -0.4 is 10.6 Å². The minimum absolute atomic E-state index is 0.0587. The predicted molar refractivity (Wildman–Crippen MR) is 106 cm³/mol. The summed E-state index contributed by atoms with van der Waals surface area (Å²) in [6, 6.07) is 7.86. The third kappa shape index (κ3) is 5.54. The molecule has 8 heteroatoms. The van der Waals surface area contributed by atoms with E-state index >= 15 is 0 Å². The van der Waals surface area contributed by atoms with Gasteiger partial charge in [-0.3, -0.25) is 9.59 Å². The number of sulfone groups is 1. The van der Waals surface area contributed by atoms with Crippen molar-refractivity contribution in [1.29, 1.82) is 0 Å². The van der Waals surface area contributed by atoms with Crippen LogP contribution in [0.25, 0.3) is 0 Å². The Morgan fingerprint density at radius 1 is 1.18 bits per heavy atom. The maximum atomic E-state index is 12.2. The van der Waals surface area contributed by atoms with E-state index in [2.05, 4.69) is 17.6 Å². The van der Waals surface area contributed by atoms with Gasteiger partial charge in [0.25, 0.3) is 0 Å². The lowest BCUT2D eigenvalue weighted by atomic mass is 9.64. The molecule has 0 spiro atoms. The van der Waals surface area contributed by atoms with Crippen LogP contribution in [0.3, 0.4) is 0 Å². The predicted octanol–water partition coefficient (Wildman–Crippen LogP) is 1.68. The Hall–Kier alpha value is -1.93. The minimum Gasteiger partial charge on any atom is -0.378 e. The molecule has 2 N–H and O–H groups in total. The van der Waals surface area contributed by atoms with E-state index in [0.29, 0.717) is 13.0 Å². The van der Waals surface area contributed by atoms with Gasteiger partial charge in [0.1, 0.15) is 0 Å². The fourth-order valence-electron chi connectivity index (χ4n) is 3.13. The normalized spacial score (nSPS) is 20.8. The molecule has 28 heavy (non-hydrogen) atoms. The zero-order chi connectivity index (χ0) is 20.8. The number of unbranched alkanes of at least 4 members (excludes halogenated alkanes) is 1. The van der Waals surface area contributed by atoms with Crippen LogP contribution in [0.4, 0.5) is 0 Å². The van der Waals surface area contributed by atoms with E-state index in [1.807, 2.05) is 13.8 Å². The zero-order valence-corrected chi connectivity index (χ0v) is 17.6. The Labute approximate surface area is 167 Å². The van der Waals surface area contributed by atoms with Crippen LogP contribution in [0, 0.1) is 5.41 Å². The van der Waals surface area contributed by atoms with Gasteiger partial charge in [0.15, 0.2) is 9.84 Å². The average molecular weight is 411 g/mol. The Balaban J connectivity index is 1.76. The molecule has 0 bridgehead atoms. The molecule has 156 valence electrons. The molecule has 1 saturated carbocycles. The summed E-state index contributed by atoms with van der Waals surface area (Å²) >= 11 is 0. The number of benzene rings is 1. The fraction of sp³-hybridized carbons (Fsp3) is 0.600. The molecule has 0 aliphatic heterocycles. The zero-order valence-electron chi connectivity index (χ0n) is 16.7. The van der Waals surface area contributed by atoms with Crippen LogP contribution in [0.2, 0.25) is 0 Å². The Morgan fingerprint density at radius 3 is 2.46 bits per heavy atom. The number of hydrogen-bond donors (Lipinski definition) is 2. The summed E-state index contributed by atoms with van der Waals surface area (Å²) in [5, 5.41) is 5.11. The quantitative estimate of drug-likeness (QED) is 0.476. The highest BCUT2D eigenvalue weighted by Gasteiger charge is 2.50. The number of carbonyl (C=O) groups is 2. The molecule has 2 amide bonds. The van der Waals surface area contributed by atoms with Gasteiger partial charge in [0.05, 0.1) is 16.8 Å². The van der Waals surface area contributed by atoms with Gasteiger partial charge in [0.2, 0.25) is 0 Å². The van der Waals surface area contributed by atoms with Crippen molar-refractivity contribution >= 4 is 21.7 Å². The van der Waals surface area contributed by atoms with E-state index in [4.69, 9.17) is 4.74 Å². The van der Waals surface area contributed by atoms with Gasteiger partial charge in [-0.2, -0.15) is 0 Å². The average Bonchev–Trinajstić information content (AvgIpc) is 2.67. The van der Waals surface area contributed by atoms with Crippen molar-refractivity contribution in [2.24, 2.45) is 5.41 Å². The van der Waals surface area contributed by atoms with Gasteiger partial charge in [-0.15, -0.1) is 0 Å². The second-order valence-electron chi connectivity index (χ2n) is 7.68. The summed E-state index contributed by atoms with van der Waals surface area (Å²) in [5.41, 5.74) is -0.250. The summed E-state index contributed by atoms with van der Waals surface area (Å²) < 4.78 is 30.2. The van der Waals surface area contributed by atoms with Crippen LogP contribution in [0.15, 0.2) is 35.2 Å². The molecule has 0 radical (unpaired) electrons. The first-order valence-corrected chi connectivity index (χ1v) is 11.3. The van der Waals surface area contributed by atoms with Crippen molar-refractivity contribution in [2.75, 3.05) is 18.9 Å². The maximum Gasteiger partial charge on any atom is 0.309 e. The molecule has 0 aromatic heterocycles. The topological polar surface area (TPSA) is 102 Å². The van der Waals surface area contributed by atoms with Gasteiger partial charge in [-0.1, -0.05) is 45.4 Å². The van der Waals surface area contributed by atoms with E-state index in [1.54, 1.807) is 18.2 Å². The number of hydrogen-bond acceptors (Lipinski definition) is 5. The number of carbonyl (C=O) groups excluding carboxylic acids is 2. The summed E-state index contributed by atoms with van der Waals surface area (Å²) in [6.07, 6.45) is 2.78. The van der Waals surface area contributed by atoms with E-state index in [9.17, 15) is 18.0 Å². The highest BCUT2D eigenvalue weighted by Crippen LogP contribution is 2.42. The lowest BCUT2D eigenvalue weighted by Gasteiger charge is -2.51. The fourth-order valence-corrected chi connectivity index (χ4v) is 4.31. The molecule has 2 atom stereocenters. The van der Waals surface area contributed by atoms with Crippen molar-refractivity contribution in [3.05, 3.63) is 30.3 Å². The number of rotatable bonds is 9. The molecule has 0 heterocycles. The first-order chi connectivity index (χ1) is 13.2. The lowest BCUT2D eigenvalue weighted by Crippen LogP contribution is -2.63. The summed E-state index contributed by atoms with van der Waals surface area (Å²) in [5.74, 6) is -1.84. The summed E-state index contributed by atoms with van der Waals surface area (Å²) in [7, 11) is -3.50. The Morgan fingerprint density at radius 2 is 1.86 bits per heavy atom. The van der Waals surface area contributed by atoms with E-state index in [-0.39, 0.29) is 34.8 Å². The second kappa shape index (κ2) is 9.52. The van der Waals surface area contributed by atoms with E-state index in [1.165, 1.54) is 12.1 Å². The van der Waals surface area contributed by atoms with Crippen molar-refractivity contribution in [2.45, 2.75) is 57.1 Å². The molecule has 1 aliphatic rings. The molecule has 7 nitrogen and oxygen atoms in total. The largest absolute Gasteiger partial charge is 0.378 e. The SMILES string of the molecule is CCCCOC1CC(NC(=O)C(=O)NCCS(=O)(=O)c2ccccc2)C1(C)C. The third-order valence-corrected chi connectivity index (χ3v) is 7.00.